The Morgan fingerprint density at radius 3 is 2.33 bits per heavy atom. The van der Waals surface area contributed by atoms with Gasteiger partial charge in [0, 0.05) is 25.2 Å². The Kier molecular flexibility index (Phi) is 5.41. The zero-order chi connectivity index (χ0) is 13.7. The SMILES string of the molecule is CCCCN(CCN)C(=O)c1c(C)oc(C)c1C. The molecule has 0 unspecified atom stereocenters. The summed E-state index contributed by atoms with van der Waals surface area (Å²) in [5.74, 6) is 1.56. The van der Waals surface area contributed by atoms with Crippen molar-refractivity contribution >= 4 is 5.91 Å². The maximum absolute atomic E-state index is 12.5. The van der Waals surface area contributed by atoms with Crippen LogP contribution in [0.15, 0.2) is 4.42 Å². The zero-order valence-corrected chi connectivity index (χ0v) is 11.9. The molecule has 0 spiro atoms. The molecule has 0 aromatic carbocycles. The van der Waals surface area contributed by atoms with Crippen LogP contribution in [0.2, 0.25) is 0 Å². The average Bonchev–Trinajstić information content (AvgIpc) is 2.58. The highest BCUT2D eigenvalue weighted by molar-refractivity contribution is 5.96. The summed E-state index contributed by atoms with van der Waals surface area (Å²) in [5.41, 5.74) is 7.23. The van der Waals surface area contributed by atoms with E-state index < -0.39 is 0 Å². The molecule has 2 N–H and O–H groups in total. The number of furan rings is 1. The number of unbranched alkanes of at least 4 members (excludes halogenated alkanes) is 1. The Morgan fingerprint density at radius 2 is 1.89 bits per heavy atom. The summed E-state index contributed by atoms with van der Waals surface area (Å²) in [4.78, 5) is 14.3. The molecule has 0 aliphatic rings. The number of rotatable bonds is 6. The zero-order valence-electron chi connectivity index (χ0n) is 11.9. The third kappa shape index (κ3) is 3.13. The lowest BCUT2D eigenvalue weighted by atomic mass is 10.1. The van der Waals surface area contributed by atoms with Crippen LogP contribution in [0.4, 0.5) is 0 Å². The summed E-state index contributed by atoms with van der Waals surface area (Å²) in [6, 6.07) is 0. The highest BCUT2D eigenvalue weighted by Gasteiger charge is 2.22. The van der Waals surface area contributed by atoms with E-state index in [9.17, 15) is 4.79 Å². The second-order valence-electron chi connectivity index (χ2n) is 4.65. The Hall–Kier alpha value is -1.29. The van der Waals surface area contributed by atoms with E-state index in [1.54, 1.807) is 0 Å². The highest BCUT2D eigenvalue weighted by Crippen LogP contribution is 2.22. The Morgan fingerprint density at radius 1 is 1.22 bits per heavy atom. The van der Waals surface area contributed by atoms with Crippen LogP contribution in [0.25, 0.3) is 0 Å². The van der Waals surface area contributed by atoms with Crippen molar-refractivity contribution in [1.29, 1.82) is 0 Å². The van der Waals surface area contributed by atoms with Crippen LogP contribution in [-0.4, -0.2) is 30.4 Å². The predicted octanol–water partition coefficient (Wildman–Crippen LogP) is 2.41. The predicted molar refractivity (Wildman–Crippen MR) is 72.8 cm³/mol. The van der Waals surface area contributed by atoms with Crippen LogP contribution < -0.4 is 5.73 Å². The molecule has 18 heavy (non-hydrogen) atoms. The fraction of sp³-hybridized carbons (Fsp3) is 0.643. The molecule has 0 aliphatic heterocycles. The Bertz CT molecular complexity index is 410. The van der Waals surface area contributed by atoms with Gasteiger partial charge in [-0.05, 0) is 27.2 Å². The van der Waals surface area contributed by atoms with Crippen molar-refractivity contribution in [2.75, 3.05) is 19.6 Å². The number of amides is 1. The minimum absolute atomic E-state index is 0.0424. The van der Waals surface area contributed by atoms with Gasteiger partial charge in [-0.25, -0.2) is 0 Å². The fourth-order valence-electron chi connectivity index (χ4n) is 2.09. The van der Waals surface area contributed by atoms with Crippen LogP contribution in [0, 0.1) is 20.8 Å². The maximum atomic E-state index is 12.5. The van der Waals surface area contributed by atoms with Gasteiger partial charge in [-0.2, -0.15) is 0 Å². The van der Waals surface area contributed by atoms with Gasteiger partial charge in [0.15, 0.2) is 0 Å². The number of carbonyl (C=O) groups excluding carboxylic acids is 1. The fourth-order valence-corrected chi connectivity index (χ4v) is 2.09. The molecule has 1 aromatic rings. The van der Waals surface area contributed by atoms with Crippen LogP contribution in [0.5, 0.6) is 0 Å². The van der Waals surface area contributed by atoms with Crippen LogP contribution in [0.3, 0.4) is 0 Å². The molecular weight excluding hydrogens is 228 g/mol. The topological polar surface area (TPSA) is 59.5 Å². The normalized spacial score (nSPS) is 10.7. The molecule has 1 heterocycles. The van der Waals surface area contributed by atoms with Crippen molar-refractivity contribution < 1.29 is 9.21 Å². The molecule has 1 aromatic heterocycles. The minimum atomic E-state index is 0.0424. The summed E-state index contributed by atoms with van der Waals surface area (Å²) in [5, 5.41) is 0. The van der Waals surface area contributed by atoms with E-state index in [1.807, 2.05) is 25.7 Å². The summed E-state index contributed by atoms with van der Waals surface area (Å²) < 4.78 is 5.52. The van der Waals surface area contributed by atoms with Gasteiger partial charge < -0.3 is 15.1 Å². The largest absolute Gasteiger partial charge is 0.466 e. The maximum Gasteiger partial charge on any atom is 0.257 e. The molecule has 4 nitrogen and oxygen atoms in total. The van der Waals surface area contributed by atoms with E-state index in [-0.39, 0.29) is 5.91 Å². The molecule has 0 radical (unpaired) electrons. The van der Waals surface area contributed by atoms with Crippen molar-refractivity contribution in [3.8, 4) is 0 Å². The number of hydrogen-bond acceptors (Lipinski definition) is 3. The first kappa shape index (κ1) is 14.8. The van der Waals surface area contributed by atoms with Gasteiger partial charge in [0.25, 0.3) is 5.91 Å². The lowest BCUT2D eigenvalue weighted by molar-refractivity contribution is 0.0755. The molecule has 1 amide bonds. The molecule has 0 saturated heterocycles. The van der Waals surface area contributed by atoms with Crippen molar-refractivity contribution in [1.82, 2.24) is 4.90 Å². The van der Waals surface area contributed by atoms with Gasteiger partial charge in [-0.1, -0.05) is 13.3 Å². The standard InChI is InChI=1S/C14H24N2O2/c1-5-6-8-16(9-7-15)14(17)13-10(2)11(3)18-12(13)4/h5-9,15H2,1-4H3. The number of nitrogens with zero attached hydrogens (tertiary/aromatic N) is 1. The number of aryl methyl sites for hydroxylation is 2. The van der Waals surface area contributed by atoms with Gasteiger partial charge in [-0.3, -0.25) is 4.79 Å². The molecule has 4 heteroatoms. The van der Waals surface area contributed by atoms with Gasteiger partial charge in [-0.15, -0.1) is 0 Å². The van der Waals surface area contributed by atoms with Crippen LogP contribution in [0.1, 0.15) is 47.2 Å². The first-order valence-corrected chi connectivity index (χ1v) is 6.58. The number of hydrogen-bond donors (Lipinski definition) is 1. The number of nitrogens with two attached hydrogens (primary N) is 1. The molecular formula is C14H24N2O2. The third-order valence-electron chi connectivity index (χ3n) is 3.24. The van der Waals surface area contributed by atoms with E-state index in [4.69, 9.17) is 10.2 Å². The summed E-state index contributed by atoms with van der Waals surface area (Å²) in [7, 11) is 0. The molecule has 1 rings (SSSR count). The molecule has 0 bridgehead atoms. The van der Waals surface area contributed by atoms with Gasteiger partial charge in [0.1, 0.15) is 11.5 Å². The van der Waals surface area contributed by atoms with Crippen molar-refractivity contribution in [2.24, 2.45) is 5.73 Å². The second kappa shape index (κ2) is 6.59. The minimum Gasteiger partial charge on any atom is -0.466 e. The molecule has 102 valence electrons. The summed E-state index contributed by atoms with van der Waals surface area (Å²) >= 11 is 0. The second-order valence-corrected chi connectivity index (χ2v) is 4.65. The van der Waals surface area contributed by atoms with E-state index in [0.29, 0.717) is 24.4 Å². The monoisotopic (exact) mass is 252 g/mol. The molecule has 0 atom stereocenters. The lowest BCUT2D eigenvalue weighted by Gasteiger charge is -2.22. The molecule has 0 fully saturated rings. The van der Waals surface area contributed by atoms with Gasteiger partial charge >= 0.3 is 0 Å². The smallest absolute Gasteiger partial charge is 0.257 e. The average molecular weight is 252 g/mol. The summed E-state index contributed by atoms with van der Waals surface area (Å²) in [6.07, 6.45) is 2.07. The molecule has 0 aliphatic carbocycles. The van der Waals surface area contributed by atoms with Crippen molar-refractivity contribution in [3.63, 3.8) is 0 Å². The van der Waals surface area contributed by atoms with E-state index in [0.717, 1.165) is 30.7 Å². The van der Waals surface area contributed by atoms with E-state index >= 15 is 0 Å². The van der Waals surface area contributed by atoms with E-state index in [2.05, 4.69) is 6.92 Å². The van der Waals surface area contributed by atoms with E-state index in [1.165, 1.54) is 0 Å². The first-order chi connectivity index (χ1) is 8.52. The first-order valence-electron chi connectivity index (χ1n) is 6.58. The third-order valence-corrected chi connectivity index (χ3v) is 3.24. The Balaban J connectivity index is 2.94. The lowest BCUT2D eigenvalue weighted by Crippen LogP contribution is -2.36. The van der Waals surface area contributed by atoms with Crippen molar-refractivity contribution in [3.05, 3.63) is 22.6 Å². The van der Waals surface area contributed by atoms with Crippen LogP contribution in [-0.2, 0) is 0 Å². The van der Waals surface area contributed by atoms with Crippen molar-refractivity contribution in [2.45, 2.75) is 40.5 Å². The molecule has 0 saturated carbocycles. The summed E-state index contributed by atoms with van der Waals surface area (Å²) in [6.45, 7) is 9.62. The van der Waals surface area contributed by atoms with Gasteiger partial charge in [0.05, 0.1) is 5.56 Å². The van der Waals surface area contributed by atoms with Crippen LogP contribution >= 0.6 is 0 Å². The number of carbonyl (C=O) groups is 1. The quantitative estimate of drug-likeness (QED) is 0.845. The highest BCUT2D eigenvalue weighted by atomic mass is 16.3. The van der Waals surface area contributed by atoms with Gasteiger partial charge in [0.2, 0.25) is 0 Å². The Labute approximate surface area is 109 Å².